The van der Waals surface area contributed by atoms with Crippen LogP contribution in [0, 0.1) is 0 Å². The number of methoxy groups -OCH3 is 1. The van der Waals surface area contributed by atoms with Crippen molar-refractivity contribution in [3.63, 3.8) is 0 Å². The van der Waals surface area contributed by atoms with Crippen molar-refractivity contribution < 1.29 is 33.2 Å². The zero-order valence-corrected chi connectivity index (χ0v) is 18.2. The number of nitrogens with one attached hydrogen (secondary N) is 2. The lowest BCUT2D eigenvalue weighted by atomic mass is 10.0. The minimum absolute atomic E-state index is 0.131. The van der Waals surface area contributed by atoms with Gasteiger partial charge in [0.15, 0.2) is 0 Å². The van der Waals surface area contributed by atoms with Crippen LogP contribution in [-0.4, -0.2) is 37.8 Å². The summed E-state index contributed by atoms with van der Waals surface area (Å²) in [7, 11) is -2.91. The Balaban J connectivity index is 2.30. The molecular weight excluding hydrogens is 450 g/mol. The molecule has 11 heteroatoms. The molecule has 33 heavy (non-hydrogen) atoms. The van der Waals surface area contributed by atoms with Crippen LogP contribution in [0.4, 0.5) is 5.69 Å². The standard InChI is InChI=1S/C22H21N3O7S/c1-32-16-10-12-17(13-11-16)33(30,31)25(14-15-6-3-2-4-7-15)20-18(21(26)23-28)8-5-9-19(20)22(27)24-29/h2-13,28-29H,14H2,1H3,(H,23,26)(H,24,27). The van der Waals surface area contributed by atoms with E-state index in [1.807, 2.05) is 0 Å². The molecular formula is C22H21N3O7S. The van der Waals surface area contributed by atoms with Crippen LogP contribution in [0.25, 0.3) is 0 Å². The van der Waals surface area contributed by atoms with Crippen molar-refractivity contribution in [3.05, 3.63) is 89.5 Å². The first kappa shape index (κ1) is 23.7. The first-order valence-electron chi connectivity index (χ1n) is 9.56. The highest BCUT2D eigenvalue weighted by Gasteiger charge is 2.32. The zero-order chi connectivity index (χ0) is 24.0. The first-order valence-corrected chi connectivity index (χ1v) is 11.0. The number of para-hydroxylation sites is 1. The number of anilines is 1. The summed E-state index contributed by atoms with van der Waals surface area (Å²) in [6.07, 6.45) is 0. The molecule has 0 saturated carbocycles. The molecule has 0 heterocycles. The molecule has 3 aromatic carbocycles. The van der Waals surface area contributed by atoms with Gasteiger partial charge in [0, 0.05) is 0 Å². The number of carbonyl (C=O) groups is 2. The van der Waals surface area contributed by atoms with E-state index in [4.69, 9.17) is 4.74 Å². The predicted octanol–water partition coefficient (Wildman–Crippen LogP) is 2.33. The number of sulfonamides is 1. The molecule has 0 aliphatic carbocycles. The topological polar surface area (TPSA) is 145 Å². The van der Waals surface area contributed by atoms with Gasteiger partial charge in [-0.25, -0.2) is 19.4 Å². The highest BCUT2D eigenvalue weighted by Crippen LogP contribution is 2.33. The third-order valence-electron chi connectivity index (χ3n) is 4.79. The van der Waals surface area contributed by atoms with Crippen LogP contribution < -0.4 is 20.0 Å². The lowest BCUT2D eigenvalue weighted by molar-refractivity contribution is 0.0703. The Morgan fingerprint density at radius 1 is 0.848 bits per heavy atom. The summed E-state index contributed by atoms with van der Waals surface area (Å²) in [5.41, 5.74) is 2.56. The van der Waals surface area contributed by atoms with E-state index in [0.717, 1.165) is 4.31 Å². The molecule has 0 radical (unpaired) electrons. The van der Waals surface area contributed by atoms with E-state index in [9.17, 15) is 28.4 Å². The second-order valence-corrected chi connectivity index (χ2v) is 8.62. The Hall–Kier alpha value is -3.93. The van der Waals surface area contributed by atoms with Crippen LogP contribution in [0.3, 0.4) is 0 Å². The molecule has 0 unspecified atom stereocenters. The Bertz CT molecular complexity index is 1210. The highest BCUT2D eigenvalue weighted by atomic mass is 32.2. The summed E-state index contributed by atoms with van der Waals surface area (Å²) < 4.78 is 33.5. The maximum absolute atomic E-state index is 13.8. The van der Waals surface area contributed by atoms with Crippen LogP contribution in [-0.2, 0) is 16.6 Å². The summed E-state index contributed by atoms with van der Waals surface area (Å²) >= 11 is 0. The Morgan fingerprint density at radius 3 is 1.88 bits per heavy atom. The second kappa shape index (κ2) is 10.1. The first-order chi connectivity index (χ1) is 15.8. The van der Waals surface area contributed by atoms with E-state index in [2.05, 4.69) is 0 Å². The van der Waals surface area contributed by atoms with Gasteiger partial charge in [-0.05, 0) is 42.0 Å². The SMILES string of the molecule is COc1ccc(S(=O)(=O)N(Cc2ccccc2)c2c(C(=O)NO)cccc2C(=O)NO)cc1. The lowest BCUT2D eigenvalue weighted by Gasteiger charge is -2.28. The van der Waals surface area contributed by atoms with Crippen LogP contribution >= 0.6 is 0 Å². The van der Waals surface area contributed by atoms with E-state index in [1.165, 1.54) is 60.5 Å². The Labute approximate surface area is 190 Å². The van der Waals surface area contributed by atoms with Crippen molar-refractivity contribution >= 4 is 27.5 Å². The fourth-order valence-electron chi connectivity index (χ4n) is 3.21. The van der Waals surface area contributed by atoms with E-state index in [1.54, 1.807) is 30.3 Å². The van der Waals surface area contributed by atoms with Gasteiger partial charge in [0.1, 0.15) is 5.75 Å². The zero-order valence-electron chi connectivity index (χ0n) is 17.4. The molecule has 0 aliphatic heterocycles. The van der Waals surface area contributed by atoms with E-state index in [0.29, 0.717) is 11.3 Å². The minimum atomic E-state index is -4.35. The van der Waals surface area contributed by atoms with E-state index < -0.39 is 21.8 Å². The average molecular weight is 471 g/mol. The summed E-state index contributed by atoms with van der Waals surface area (Å²) in [4.78, 5) is 24.7. The van der Waals surface area contributed by atoms with Gasteiger partial charge < -0.3 is 4.74 Å². The van der Waals surface area contributed by atoms with Crippen molar-refractivity contribution in [3.8, 4) is 5.75 Å². The monoisotopic (exact) mass is 471 g/mol. The van der Waals surface area contributed by atoms with Gasteiger partial charge in [0.2, 0.25) is 0 Å². The van der Waals surface area contributed by atoms with Crippen LogP contribution in [0.5, 0.6) is 5.75 Å². The van der Waals surface area contributed by atoms with Gasteiger partial charge in [-0.1, -0.05) is 36.4 Å². The maximum atomic E-state index is 13.8. The van der Waals surface area contributed by atoms with Gasteiger partial charge in [0.05, 0.1) is 35.4 Å². The third kappa shape index (κ3) is 4.95. The number of hydroxylamine groups is 2. The van der Waals surface area contributed by atoms with Crippen LogP contribution in [0.15, 0.2) is 77.7 Å². The lowest BCUT2D eigenvalue weighted by Crippen LogP contribution is -2.35. The van der Waals surface area contributed by atoms with Crippen molar-refractivity contribution in [2.45, 2.75) is 11.4 Å². The van der Waals surface area contributed by atoms with Gasteiger partial charge in [0.25, 0.3) is 21.8 Å². The molecule has 0 aromatic heterocycles. The van der Waals surface area contributed by atoms with Crippen molar-refractivity contribution in [2.75, 3.05) is 11.4 Å². The fourth-order valence-corrected chi connectivity index (χ4v) is 4.70. The van der Waals surface area contributed by atoms with Crippen molar-refractivity contribution in [1.82, 2.24) is 11.0 Å². The summed E-state index contributed by atoms with van der Waals surface area (Å²) in [5.74, 6) is -1.65. The number of hydrogen-bond acceptors (Lipinski definition) is 7. The second-order valence-electron chi connectivity index (χ2n) is 6.76. The molecule has 172 valence electrons. The number of ether oxygens (including phenoxy) is 1. The predicted molar refractivity (Wildman–Crippen MR) is 118 cm³/mol. The molecule has 0 bridgehead atoms. The molecule has 0 saturated heterocycles. The quantitative estimate of drug-likeness (QED) is 0.291. The highest BCUT2D eigenvalue weighted by molar-refractivity contribution is 7.92. The van der Waals surface area contributed by atoms with E-state index in [-0.39, 0.29) is 28.3 Å². The summed E-state index contributed by atoms with van der Waals surface area (Å²) in [6, 6.07) is 17.9. The van der Waals surface area contributed by atoms with Crippen molar-refractivity contribution in [1.29, 1.82) is 0 Å². The van der Waals surface area contributed by atoms with Gasteiger partial charge in [-0.15, -0.1) is 0 Å². The molecule has 2 amide bonds. The van der Waals surface area contributed by atoms with Gasteiger partial charge >= 0.3 is 0 Å². The number of amides is 2. The molecule has 0 fully saturated rings. The summed E-state index contributed by atoms with van der Waals surface area (Å²) in [5, 5.41) is 18.4. The Morgan fingerprint density at radius 2 is 1.39 bits per heavy atom. The average Bonchev–Trinajstić information content (AvgIpc) is 2.86. The molecule has 0 atom stereocenters. The molecule has 0 aliphatic rings. The molecule has 4 N–H and O–H groups in total. The number of hydrogen-bond donors (Lipinski definition) is 4. The van der Waals surface area contributed by atoms with Gasteiger partial charge in [-0.2, -0.15) is 0 Å². The number of benzene rings is 3. The summed E-state index contributed by atoms with van der Waals surface area (Å²) in [6.45, 7) is -0.253. The maximum Gasteiger partial charge on any atom is 0.276 e. The molecule has 3 rings (SSSR count). The third-order valence-corrected chi connectivity index (χ3v) is 6.55. The van der Waals surface area contributed by atoms with Crippen LogP contribution in [0.1, 0.15) is 26.3 Å². The fraction of sp³-hybridized carbons (Fsp3) is 0.0909. The minimum Gasteiger partial charge on any atom is -0.497 e. The van der Waals surface area contributed by atoms with Crippen LogP contribution in [0.2, 0.25) is 0 Å². The van der Waals surface area contributed by atoms with E-state index >= 15 is 0 Å². The Kier molecular flexibility index (Phi) is 7.28. The smallest absolute Gasteiger partial charge is 0.276 e. The number of rotatable bonds is 8. The van der Waals surface area contributed by atoms with Gasteiger partial charge in [-0.3, -0.25) is 24.3 Å². The number of nitrogens with zero attached hydrogens (tertiary/aromatic N) is 1. The number of carbonyl (C=O) groups excluding carboxylic acids is 2. The molecule has 3 aromatic rings. The van der Waals surface area contributed by atoms with Crippen molar-refractivity contribution in [2.24, 2.45) is 0 Å². The normalized spacial score (nSPS) is 10.9. The molecule has 10 nitrogen and oxygen atoms in total. The molecule has 0 spiro atoms. The largest absolute Gasteiger partial charge is 0.497 e.